The summed E-state index contributed by atoms with van der Waals surface area (Å²) in [4.78, 5) is 31.1. The first-order chi connectivity index (χ1) is 8.49. The number of carbonyl (C=O) groups is 2. The van der Waals surface area contributed by atoms with Gasteiger partial charge in [-0.2, -0.15) is 0 Å². The quantitative estimate of drug-likeness (QED) is 0.825. The van der Waals surface area contributed by atoms with E-state index in [4.69, 9.17) is 5.11 Å². The molecule has 1 aromatic heterocycles. The van der Waals surface area contributed by atoms with Crippen LogP contribution < -0.4 is 0 Å². The minimum atomic E-state index is -1.00. The molecule has 1 aliphatic heterocycles. The van der Waals surface area contributed by atoms with Crippen LogP contribution in [-0.4, -0.2) is 44.9 Å². The Bertz CT molecular complexity index is 473. The van der Waals surface area contributed by atoms with Gasteiger partial charge in [0.05, 0.1) is 0 Å². The number of nitrogens with one attached hydrogen (secondary N) is 1. The number of carboxylic acids is 1. The SMILES string of the molecule is CC(=O)N1CCC(c2nc(C(=O)O)c(C)[nH]2)CC1. The van der Waals surface area contributed by atoms with Gasteiger partial charge in [-0.1, -0.05) is 0 Å². The fraction of sp³-hybridized carbons (Fsp3) is 0.583. The number of imidazole rings is 1. The van der Waals surface area contributed by atoms with E-state index in [1.165, 1.54) is 0 Å². The lowest BCUT2D eigenvalue weighted by Gasteiger charge is -2.30. The lowest BCUT2D eigenvalue weighted by Crippen LogP contribution is -2.36. The molecule has 6 heteroatoms. The number of likely N-dealkylation sites (tertiary alicyclic amines) is 1. The second-order valence-corrected chi connectivity index (χ2v) is 4.68. The van der Waals surface area contributed by atoms with Crippen LogP contribution in [0.3, 0.4) is 0 Å². The molecule has 2 heterocycles. The molecule has 98 valence electrons. The molecule has 6 nitrogen and oxygen atoms in total. The van der Waals surface area contributed by atoms with Gasteiger partial charge in [0, 0.05) is 31.6 Å². The highest BCUT2D eigenvalue weighted by Gasteiger charge is 2.25. The van der Waals surface area contributed by atoms with Crippen molar-refractivity contribution in [3.63, 3.8) is 0 Å². The Morgan fingerprint density at radius 1 is 1.39 bits per heavy atom. The first-order valence-corrected chi connectivity index (χ1v) is 6.04. The summed E-state index contributed by atoms with van der Waals surface area (Å²) in [7, 11) is 0. The molecule has 1 aromatic rings. The molecule has 18 heavy (non-hydrogen) atoms. The van der Waals surface area contributed by atoms with Gasteiger partial charge >= 0.3 is 5.97 Å². The Morgan fingerprint density at radius 2 is 2.00 bits per heavy atom. The average Bonchev–Trinajstić information content (AvgIpc) is 2.71. The summed E-state index contributed by atoms with van der Waals surface area (Å²) in [6.45, 7) is 4.70. The van der Waals surface area contributed by atoms with Crippen molar-refractivity contribution in [2.24, 2.45) is 0 Å². The first-order valence-electron chi connectivity index (χ1n) is 6.04. The fourth-order valence-electron chi connectivity index (χ4n) is 2.35. The number of aromatic nitrogens is 2. The molecule has 1 fully saturated rings. The number of carboxylic acid groups (broad SMARTS) is 1. The van der Waals surface area contributed by atoms with Crippen molar-refractivity contribution in [3.8, 4) is 0 Å². The molecular weight excluding hydrogens is 234 g/mol. The molecule has 0 atom stereocenters. The number of rotatable bonds is 2. The van der Waals surface area contributed by atoms with Gasteiger partial charge in [-0.3, -0.25) is 4.79 Å². The van der Waals surface area contributed by atoms with Gasteiger partial charge in [0.15, 0.2) is 5.69 Å². The second-order valence-electron chi connectivity index (χ2n) is 4.68. The highest BCUT2D eigenvalue weighted by molar-refractivity contribution is 5.86. The molecule has 0 unspecified atom stereocenters. The number of carbonyl (C=O) groups excluding carboxylic acids is 1. The third kappa shape index (κ3) is 2.37. The monoisotopic (exact) mass is 251 g/mol. The molecule has 0 aliphatic carbocycles. The van der Waals surface area contributed by atoms with E-state index in [9.17, 15) is 9.59 Å². The number of piperidine rings is 1. The number of hydrogen-bond acceptors (Lipinski definition) is 3. The smallest absolute Gasteiger partial charge is 0.356 e. The van der Waals surface area contributed by atoms with E-state index in [1.807, 2.05) is 4.90 Å². The van der Waals surface area contributed by atoms with Crippen LogP contribution in [0.5, 0.6) is 0 Å². The van der Waals surface area contributed by atoms with Crippen LogP contribution in [-0.2, 0) is 4.79 Å². The summed E-state index contributed by atoms with van der Waals surface area (Å²) in [5, 5.41) is 8.96. The summed E-state index contributed by atoms with van der Waals surface area (Å²) in [6.07, 6.45) is 1.65. The standard InChI is InChI=1S/C12H17N3O3/c1-7-10(12(17)18)14-11(13-7)9-3-5-15(6-4-9)8(2)16/h9H,3-6H2,1-2H3,(H,13,14)(H,17,18). The van der Waals surface area contributed by atoms with Crippen LogP contribution in [0.1, 0.15) is 47.7 Å². The number of aryl methyl sites for hydroxylation is 1. The van der Waals surface area contributed by atoms with Crippen molar-refractivity contribution in [1.82, 2.24) is 14.9 Å². The zero-order chi connectivity index (χ0) is 13.3. The van der Waals surface area contributed by atoms with Gasteiger partial charge in [-0.15, -0.1) is 0 Å². The first kappa shape index (κ1) is 12.6. The van der Waals surface area contributed by atoms with Gasteiger partial charge in [0.1, 0.15) is 5.82 Å². The van der Waals surface area contributed by atoms with Crippen molar-refractivity contribution in [1.29, 1.82) is 0 Å². The topological polar surface area (TPSA) is 86.3 Å². The zero-order valence-corrected chi connectivity index (χ0v) is 10.6. The number of hydrogen-bond donors (Lipinski definition) is 2. The van der Waals surface area contributed by atoms with E-state index in [0.29, 0.717) is 18.8 Å². The molecule has 1 aliphatic rings. The lowest BCUT2D eigenvalue weighted by atomic mass is 9.96. The van der Waals surface area contributed by atoms with E-state index in [1.54, 1.807) is 13.8 Å². The highest BCUT2D eigenvalue weighted by Crippen LogP contribution is 2.26. The molecule has 1 saturated heterocycles. The van der Waals surface area contributed by atoms with Gasteiger partial charge < -0.3 is 15.0 Å². The summed E-state index contributed by atoms with van der Waals surface area (Å²) in [5.41, 5.74) is 0.686. The fourth-order valence-corrected chi connectivity index (χ4v) is 2.35. The minimum Gasteiger partial charge on any atom is -0.476 e. The highest BCUT2D eigenvalue weighted by atomic mass is 16.4. The number of aromatic amines is 1. The molecule has 1 amide bonds. The molecule has 0 radical (unpaired) electrons. The predicted molar refractivity (Wildman–Crippen MR) is 64.5 cm³/mol. The van der Waals surface area contributed by atoms with Crippen LogP contribution in [0.15, 0.2) is 0 Å². The van der Waals surface area contributed by atoms with E-state index < -0.39 is 5.97 Å². The van der Waals surface area contributed by atoms with Crippen molar-refractivity contribution >= 4 is 11.9 Å². The zero-order valence-electron chi connectivity index (χ0n) is 10.6. The third-order valence-electron chi connectivity index (χ3n) is 3.43. The number of H-pyrrole nitrogens is 1. The Kier molecular flexibility index (Phi) is 3.36. The van der Waals surface area contributed by atoms with Crippen molar-refractivity contribution in [3.05, 3.63) is 17.2 Å². The largest absolute Gasteiger partial charge is 0.476 e. The Labute approximate surface area is 105 Å². The van der Waals surface area contributed by atoms with Gasteiger partial charge in [0.25, 0.3) is 0 Å². The predicted octanol–water partition coefficient (Wildman–Crippen LogP) is 1.14. The number of nitrogens with zero attached hydrogens (tertiary/aromatic N) is 2. The van der Waals surface area contributed by atoms with Gasteiger partial charge in [0.2, 0.25) is 5.91 Å². The third-order valence-corrected chi connectivity index (χ3v) is 3.43. The maximum atomic E-state index is 11.2. The Morgan fingerprint density at radius 3 is 2.44 bits per heavy atom. The van der Waals surface area contributed by atoms with Gasteiger partial charge in [-0.25, -0.2) is 9.78 Å². The van der Waals surface area contributed by atoms with E-state index in [0.717, 1.165) is 18.7 Å². The van der Waals surface area contributed by atoms with E-state index >= 15 is 0 Å². The van der Waals surface area contributed by atoms with E-state index in [-0.39, 0.29) is 17.5 Å². The van der Waals surface area contributed by atoms with Crippen molar-refractivity contribution in [2.75, 3.05) is 13.1 Å². The minimum absolute atomic E-state index is 0.0929. The Hall–Kier alpha value is -1.85. The normalized spacial score (nSPS) is 16.9. The summed E-state index contributed by atoms with van der Waals surface area (Å²) >= 11 is 0. The van der Waals surface area contributed by atoms with Crippen LogP contribution in [0.25, 0.3) is 0 Å². The maximum Gasteiger partial charge on any atom is 0.356 e. The van der Waals surface area contributed by atoms with E-state index in [2.05, 4.69) is 9.97 Å². The molecule has 0 spiro atoms. The van der Waals surface area contributed by atoms with Crippen LogP contribution in [0.4, 0.5) is 0 Å². The molecule has 0 saturated carbocycles. The number of amides is 1. The summed E-state index contributed by atoms with van der Waals surface area (Å²) < 4.78 is 0. The molecule has 0 bridgehead atoms. The molecule has 0 aromatic carbocycles. The van der Waals surface area contributed by atoms with Crippen molar-refractivity contribution in [2.45, 2.75) is 32.6 Å². The maximum absolute atomic E-state index is 11.2. The number of aromatic carboxylic acids is 1. The van der Waals surface area contributed by atoms with Crippen LogP contribution >= 0.6 is 0 Å². The molecular formula is C12H17N3O3. The van der Waals surface area contributed by atoms with Gasteiger partial charge in [-0.05, 0) is 19.8 Å². The summed E-state index contributed by atoms with van der Waals surface area (Å²) in [6, 6.07) is 0. The van der Waals surface area contributed by atoms with Crippen LogP contribution in [0.2, 0.25) is 0 Å². The van der Waals surface area contributed by atoms with Crippen LogP contribution in [0, 0.1) is 6.92 Å². The summed E-state index contributed by atoms with van der Waals surface area (Å²) in [5.74, 6) is 0.0342. The van der Waals surface area contributed by atoms with Crippen molar-refractivity contribution < 1.29 is 14.7 Å². The average molecular weight is 251 g/mol. The lowest BCUT2D eigenvalue weighted by molar-refractivity contribution is -0.129. The Balaban J connectivity index is 2.08. The second kappa shape index (κ2) is 4.80. The molecule has 2 rings (SSSR count). The molecule has 2 N–H and O–H groups in total.